The predicted octanol–water partition coefficient (Wildman–Crippen LogP) is 2.99. The van der Waals surface area contributed by atoms with Crippen LogP contribution >= 0.6 is 15.9 Å². The molecule has 0 aliphatic rings. The standard InChI is InChI=1S/C14H20BrNO2/c1-4-16(9-10-18-3)11(2)14(17)12-5-7-13(15)8-6-12/h5-8,11H,4,9-10H2,1-3H3. The quantitative estimate of drug-likeness (QED) is 0.725. The van der Waals surface area contributed by atoms with Crippen LogP contribution in [0.5, 0.6) is 0 Å². The van der Waals surface area contributed by atoms with Gasteiger partial charge in [0, 0.05) is 23.7 Å². The summed E-state index contributed by atoms with van der Waals surface area (Å²) in [5, 5.41) is 0. The molecule has 0 fully saturated rings. The second-order valence-corrected chi connectivity index (χ2v) is 5.08. The number of ether oxygens (including phenoxy) is 1. The summed E-state index contributed by atoms with van der Waals surface area (Å²) in [6.07, 6.45) is 0. The first-order valence-corrected chi connectivity index (χ1v) is 6.92. The molecule has 0 aromatic heterocycles. The Kier molecular flexibility index (Phi) is 6.54. The van der Waals surface area contributed by atoms with Gasteiger partial charge in [0.25, 0.3) is 0 Å². The minimum Gasteiger partial charge on any atom is -0.383 e. The van der Waals surface area contributed by atoms with Gasteiger partial charge in [-0.2, -0.15) is 0 Å². The Morgan fingerprint density at radius 2 is 2.00 bits per heavy atom. The normalized spacial score (nSPS) is 12.7. The number of carbonyl (C=O) groups is 1. The topological polar surface area (TPSA) is 29.5 Å². The molecule has 1 atom stereocenters. The molecule has 1 aromatic rings. The first-order valence-electron chi connectivity index (χ1n) is 6.13. The van der Waals surface area contributed by atoms with Crippen molar-refractivity contribution < 1.29 is 9.53 Å². The summed E-state index contributed by atoms with van der Waals surface area (Å²) in [7, 11) is 1.68. The number of benzene rings is 1. The zero-order valence-electron chi connectivity index (χ0n) is 11.1. The van der Waals surface area contributed by atoms with Gasteiger partial charge in [-0.1, -0.05) is 35.0 Å². The molecule has 1 unspecified atom stereocenters. The lowest BCUT2D eigenvalue weighted by atomic mass is 10.0. The number of hydrogen-bond acceptors (Lipinski definition) is 3. The minimum atomic E-state index is -0.119. The van der Waals surface area contributed by atoms with E-state index in [4.69, 9.17) is 4.74 Å². The highest BCUT2D eigenvalue weighted by atomic mass is 79.9. The number of hydrogen-bond donors (Lipinski definition) is 0. The lowest BCUT2D eigenvalue weighted by Gasteiger charge is -2.26. The Morgan fingerprint density at radius 3 is 2.50 bits per heavy atom. The average Bonchev–Trinajstić information content (AvgIpc) is 2.39. The lowest BCUT2D eigenvalue weighted by Crippen LogP contribution is -2.40. The summed E-state index contributed by atoms with van der Waals surface area (Å²) in [5.74, 6) is 0.153. The third-order valence-electron chi connectivity index (χ3n) is 3.04. The van der Waals surface area contributed by atoms with E-state index in [2.05, 4.69) is 27.8 Å². The maximum atomic E-state index is 12.3. The smallest absolute Gasteiger partial charge is 0.179 e. The molecular weight excluding hydrogens is 294 g/mol. The monoisotopic (exact) mass is 313 g/mol. The highest BCUT2D eigenvalue weighted by Gasteiger charge is 2.20. The van der Waals surface area contributed by atoms with E-state index in [0.29, 0.717) is 6.61 Å². The predicted molar refractivity (Wildman–Crippen MR) is 77.1 cm³/mol. The summed E-state index contributed by atoms with van der Waals surface area (Å²) >= 11 is 3.37. The van der Waals surface area contributed by atoms with Crippen molar-refractivity contribution in [1.82, 2.24) is 4.90 Å². The van der Waals surface area contributed by atoms with Crippen molar-refractivity contribution in [3.63, 3.8) is 0 Å². The van der Waals surface area contributed by atoms with Crippen LogP contribution in [0.15, 0.2) is 28.7 Å². The van der Waals surface area contributed by atoms with Gasteiger partial charge >= 0.3 is 0 Å². The summed E-state index contributed by atoms with van der Waals surface area (Å²) in [6, 6.07) is 7.38. The van der Waals surface area contributed by atoms with Crippen molar-refractivity contribution in [3.05, 3.63) is 34.3 Å². The van der Waals surface area contributed by atoms with E-state index in [1.807, 2.05) is 31.2 Å². The Bertz CT molecular complexity index is 378. The zero-order valence-corrected chi connectivity index (χ0v) is 12.7. The van der Waals surface area contributed by atoms with Crippen molar-refractivity contribution in [3.8, 4) is 0 Å². The molecule has 0 radical (unpaired) electrons. The van der Waals surface area contributed by atoms with Crippen LogP contribution in [0.25, 0.3) is 0 Å². The second kappa shape index (κ2) is 7.67. The molecular formula is C14H20BrNO2. The molecule has 1 rings (SSSR count). The molecule has 4 heteroatoms. The molecule has 0 spiro atoms. The molecule has 0 amide bonds. The van der Waals surface area contributed by atoms with Crippen LogP contribution in [0, 0.1) is 0 Å². The van der Waals surface area contributed by atoms with E-state index in [1.54, 1.807) is 7.11 Å². The van der Waals surface area contributed by atoms with Crippen molar-refractivity contribution in [1.29, 1.82) is 0 Å². The molecule has 0 aliphatic carbocycles. The number of carbonyl (C=O) groups excluding carboxylic acids is 1. The second-order valence-electron chi connectivity index (χ2n) is 4.17. The van der Waals surface area contributed by atoms with E-state index in [9.17, 15) is 4.79 Å². The first kappa shape index (κ1) is 15.3. The number of nitrogens with zero attached hydrogens (tertiary/aromatic N) is 1. The van der Waals surface area contributed by atoms with Crippen molar-refractivity contribution >= 4 is 21.7 Å². The Balaban J connectivity index is 2.72. The largest absolute Gasteiger partial charge is 0.383 e. The number of rotatable bonds is 7. The maximum Gasteiger partial charge on any atom is 0.179 e. The molecule has 0 bridgehead atoms. The van der Waals surface area contributed by atoms with Crippen LogP contribution in [0.4, 0.5) is 0 Å². The summed E-state index contributed by atoms with van der Waals surface area (Å²) < 4.78 is 6.05. The summed E-state index contributed by atoms with van der Waals surface area (Å²) in [4.78, 5) is 14.4. The number of halogens is 1. The molecule has 0 heterocycles. The third-order valence-corrected chi connectivity index (χ3v) is 3.57. The average molecular weight is 314 g/mol. The van der Waals surface area contributed by atoms with E-state index >= 15 is 0 Å². The molecule has 1 aromatic carbocycles. The fourth-order valence-corrected chi connectivity index (χ4v) is 2.12. The van der Waals surface area contributed by atoms with Crippen LogP contribution in [-0.2, 0) is 4.74 Å². The molecule has 0 N–H and O–H groups in total. The Morgan fingerprint density at radius 1 is 1.39 bits per heavy atom. The Hall–Kier alpha value is -0.710. The van der Waals surface area contributed by atoms with Crippen LogP contribution in [0.3, 0.4) is 0 Å². The van der Waals surface area contributed by atoms with Gasteiger partial charge in [-0.05, 0) is 25.6 Å². The highest BCUT2D eigenvalue weighted by molar-refractivity contribution is 9.10. The van der Waals surface area contributed by atoms with Gasteiger partial charge in [-0.15, -0.1) is 0 Å². The first-order chi connectivity index (χ1) is 8.60. The lowest BCUT2D eigenvalue weighted by molar-refractivity contribution is 0.0788. The summed E-state index contributed by atoms with van der Waals surface area (Å²) in [6.45, 7) is 6.26. The number of ketones is 1. The SMILES string of the molecule is CCN(CCOC)C(C)C(=O)c1ccc(Br)cc1. The van der Waals surface area contributed by atoms with E-state index in [-0.39, 0.29) is 11.8 Å². The minimum absolute atomic E-state index is 0.119. The molecule has 0 aliphatic heterocycles. The van der Waals surface area contributed by atoms with Crippen LogP contribution in [0.2, 0.25) is 0 Å². The summed E-state index contributed by atoms with van der Waals surface area (Å²) in [5.41, 5.74) is 0.751. The molecule has 18 heavy (non-hydrogen) atoms. The molecule has 3 nitrogen and oxygen atoms in total. The van der Waals surface area contributed by atoms with E-state index in [0.717, 1.165) is 23.1 Å². The van der Waals surface area contributed by atoms with Gasteiger partial charge < -0.3 is 4.74 Å². The highest BCUT2D eigenvalue weighted by Crippen LogP contribution is 2.14. The number of Topliss-reactive ketones (excluding diaryl/α,β-unsaturated/α-hetero) is 1. The van der Waals surface area contributed by atoms with Crippen molar-refractivity contribution in [2.24, 2.45) is 0 Å². The van der Waals surface area contributed by atoms with Gasteiger partial charge in [0.2, 0.25) is 0 Å². The zero-order chi connectivity index (χ0) is 13.5. The third kappa shape index (κ3) is 4.19. The van der Waals surface area contributed by atoms with Gasteiger partial charge in [0.05, 0.1) is 12.6 Å². The number of methoxy groups -OCH3 is 1. The maximum absolute atomic E-state index is 12.3. The molecule has 0 saturated heterocycles. The fourth-order valence-electron chi connectivity index (χ4n) is 1.86. The van der Waals surface area contributed by atoms with Crippen molar-refractivity contribution in [2.45, 2.75) is 19.9 Å². The van der Waals surface area contributed by atoms with Crippen LogP contribution in [0.1, 0.15) is 24.2 Å². The van der Waals surface area contributed by atoms with E-state index < -0.39 is 0 Å². The van der Waals surface area contributed by atoms with Gasteiger partial charge in [0.1, 0.15) is 0 Å². The van der Waals surface area contributed by atoms with Gasteiger partial charge in [-0.25, -0.2) is 0 Å². The molecule has 0 saturated carbocycles. The molecule has 100 valence electrons. The van der Waals surface area contributed by atoms with E-state index in [1.165, 1.54) is 0 Å². The Labute approximate surface area is 117 Å². The van der Waals surface area contributed by atoms with Gasteiger partial charge in [0.15, 0.2) is 5.78 Å². The van der Waals surface area contributed by atoms with Gasteiger partial charge in [-0.3, -0.25) is 9.69 Å². The van der Waals surface area contributed by atoms with Crippen LogP contribution in [-0.4, -0.2) is 43.5 Å². The van der Waals surface area contributed by atoms with Crippen molar-refractivity contribution in [2.75, 3.05) is 26.8 Å². The fraction of sp³-hybridized carbons (Fsp3) is 0.500. The van der Waals surface area contributed by atoms with Crippen LogP contribution < -0.4 is 0 Å². The number of likely N-dealkylation sites (N-methyl/N-ethyl adjacent to an activating group) is 1.